The van der Waals surface area contributed by atoms with Crippen molar-refractivity contribution < 1.29 is 41.5 Å². The maximum Gasteiger partial charge on any atom is 0.303 e. The molecule has 0 unspecified atom stereocenters. The van der Waals surface area contributed by atoms with Gasteiger partial charge in [0, 0.05) is 34.6 Å². The molecule has 0 atom stereocenters. The van der Waals surface area contributed by atoms with Gasteiger partial charge in [0.15, 0.2) is 0 Å². The fraction of sp³-hybridized carbons (Fsp3) is 0.667. The van der Waals surface area contributed by atoms with Crippen LogP contribution in [0, 0.1) is 0 Å². The summed E-state index contributed by atoms with van der Waals surface area (Å²) < 4.78 is 0. The monoisotopic (exact) mass is 194 g/mol. The molecule has 11 heavy (non-hydrogen) atoms. The summed E-state index contributed by atoms with van der Waals surface area (Å²) in [4.78, 5) is 19.8. The van der Waals surface area contributed by atoms with Gasteiger partial charge in [-0.2, -0.15) is 0 Å². The zero-order valence-corrected chi connectivity index (χ0v) is 7.60. The second-order valence-electron chi connectivity index (χ2n) is 1.99. The van der Waals surface area contributed by atoms with E-state index in [0.717, 1.165) is 0 Å². The number of carboxylic acid groups (broad SMARTS) is 2. The van der Waals surface area contributed by atoms with Gasteiger partial charge in [-0.1, -0.05) is 0 Å². The third-order valence-electron chi connectivity index (χ3n) is 1.03. The quantitative estimate of drug-likeness (QED) is 0.499. The van der Waals surface area contributed by atoms with E-state index < -0.39 is 11.9 Å². The maximum atomic E-state index is 9.90. The molecule has 0 aromatic carbocycles. The molecule has 5 heteroatoms. The van der Waals surface area contributed by atoms with Crippen LogP contribution in [0.1, 0.15) is 25.7 Å². The minimum atomic E-state index is -0.870. The Morgan fingerprint density at radius 2 is 1.18 bits per heavy atom. The van der Waals surface area contributed by atoms with Crippen molar-refractivity contribution in [3.63, 3.8) is 0 Å². The Balaban J connectivity index is 0. The molecule has 0 aliphatic carbocycles. The molecule has 0 heterocycles. The van der Waals surface area contributed by atoms with Gasteiger partial charge in [0.2, 0.25) is 0 Å². The van der Waals surface area contributed by atoms with E-state index in [9.17, 15) is 9.59 Å². The van der Waals surface area contributed by atoms with Crippen LogP contribution in [0.25, 0.3) is 0 Å². The van der Waals surface area contributed by atoms with Crippen molar-refractivity contribution in [1.29, 1.82) is 0 Å². The Morgan fingerprint density at radius 1 is 0.909 bits per heavy atom. The first kappa shape index (κ1) is 13.3. The topological polar surface area (TPSA) is 74.6 Å². The summed E-state index contributed by atoms with van der Waals surface area (Å²) in [5.74, 6) is -1.74. The largest absolute Gasteiger partial charge is 0.481 e. The molecule has 0 aromatic heterocycles. The van der Waals surface area contributed by atoms with E-state index in [1.165, 1.54) is 0 Å². The van der Waals surface area contributed by atoms with Crippen molar-refractivity contribution in [3.05, 3.63) is 0 Å². The normalized spacial score (nSPS) is 8.36. The molecule has 0 saturated carbocycles. The van der Waals surface area contributed by atoms with Gasteiger partial charge < -0.3 is 10.2 Å². The molecule has 0 aliphatic heterocycles. The molecule has 0 spiro atoms. The minimum absolute atomic E-state index is 0. The average Bonchev–Trinajstić information content (AvgIpc) is 1.79. The van der Waals surface area contributed by atoms with E-state index in [1.54, 1.807) is 0 Å². The van der Waals surface area contributed by atoms with Crippen molar-refractivity contribution in [2.75, 3.05) is 0 Å². The van der Waals surface area contributed by atoms with Gasteiger partial charge in [0.05, 0.1) is 0 Å². The fourth-order valence-corrected chi connectivity index (χ4v) is 0.552. The van der Waals surface area contributed by atoms with Crippen molar-refractivity contribution in [3.8, 4) is 0 Å². The van der Waals surface area contributed by atoms with Crippen LogP contribution in [-0.4, -0.2) is 22.2 Å². The van der Waals surface area contributed by atoms with Crippen LogP contribution in [0.2, 0.25) is 0 Å². The summed E-state index contributed by atoms with van der Waals surface area (Å²) in [6, 6.07) is 0. The Kier molecular flexibility index (Phi) is 9.35. The molecular weight excluding hydrogens is 184 g/mol. The number of aliphatic carboxylic acids is 2. The molecule has 0 amide bonds. The zero-order valence-electron chi connectivity index (χ0n) is 6.04. The van der Waals surface area contributed by atoms with Crippen LogP contribution < -0.4 is 0 Å². The Morgan fingerprint density at radius 3 is 1.36 bits per heavy atom. The standard InChI is InChI=1S/C6H10O4.Ti/c7-5(8)3-1-2-4-6(9)10;/h1-4H2,(H,7,8)(H,9,10);. The SMILES string of the molecule is O=C(O)CCCCC(=O)O.[Ti]. The Bertz CT molecular complexity index is 119. The number of carbonyl (C=O) groups is 2. The van der Waals surface area contributed by atoms with Crippen molar-refractivity contribution in [2.24, 2.45) is 0 Å². The van der Waals surface area contributed by atoms with E-state index in [2.05, 4.69) is 0 Å². The van der Waals surface area contributed by atoms with Gasteiger partial charge in [0.1, 0.15) is 0 Å². The molecule has 62 valence electrons. The summed E-state index contributed by atoms with van der Waals surface area (Å²) in [5.41, 5.74) is 0. The second kappa shape index (κ2) is 7.76. The number of hydrogen-bond donors (Lipinski definition) is 2. The molecule has 0 radical (unpaired) electrons. The number of carboxylic acids is 2. The Labute approximate surface area is 79.5 Å². The minimum Gasteiger partial charge on any atom is -0.481 e. The van der Waals surface area contributed by atoms with Gasteiger partial charge in [-0.15, -0.1) is 0 Å². The molecule has 4 nitrogen and oxygen atoms in total. The van der Waals surface area contributed by atoms with Crippen molar-refractivity contribution in [1.82, 2.24) is 0 Å². The average molecular weight is 194 g/mol. The molecule has 0 fully saturated rings. The summed E-state index contributed by atoms with van der Waals surface area (Å²) in [6.07, 6.45) is 1.02. The van der Waals surface area contributed by atoms with Gasteiger partial charge in [-0.05, 0) is 12.8 Å². The fourth-order valence-electron chi connectivity index (χ4n) is 0.552. The molecule has 0 aliphatic rings. The first-order chi connectivity index (χ1) is 4.63. The van der Waals surface area contributed by atoms with Crippen LogP contribution in [-0.2, 0) is 31.3 Å². The summed E-state index contributed by atoms with van der Waals surface area (Å²) in [7, 11) is 0. The van der Waals surface area contributed by atoms with Gasteiger partial charge >= 0.3 is 11.9 Å². The van der Waals surface area contributed by atoms with Gasteiger partial charge in [-0.3, -0.25) is 9.59 Å². The van der Waals surface area contributed by atoms with Crippen LogP contribution >= 0.6 is 0 Å². The van der Waals surface area contributed by atoms with Crippen LogP contribution in [0.5, 0.6) is 0 Å². The summed E-state index contributed by atoms with van der Waals surface area (Å²) in [5, 5.41) is 16.3. The van der Waals surface area contributed by atoms with E-state index in [0.29, 0.717) is 12.8 Å². The van der Waals surface area contributed by atoms with Crippen LogP contribution in [0.15, 0.2) is 0 Å². The molecule has 0 saturated heterocycles. The first-order valence-corrected chi connectivity index (χ1v) is 3.06. The van der Waals surface area contributed by atoms with Crippen molar-refractivity contribution in [2.45, 2.75) is 25.7 Å². The van der Waals surface area contributed by atoms with E-state index in [4.69, 9.17) is 10.2 Å². The predicted octanol–water partition coefficient (Wildman–Crippen LogP) is 0.714. The third-order valence-corrected chi connectivity index (χ3v) is 1.03. The molecule has 0 rings (SSSR count). The van der Waals surface area contributed by atoms with Gasteiger partial charge in [-0.25, -0.2) is 0 Å². The number of rotatable bonds is 5. The molecule has 2 N–H and O–H groups in total. The van der Waals surface area contributed by atoms with E-state index >= 15 is 0 Å². The smallest absolute Gasteiger partial charge is 0.303 e. The predicted molar refractivity (Wildman–Crippen MR) is 33.7 cm³/mol. The maximum absolute atomic E-state index is 9.90. The van der Waals surface area contributed by atoms with Crippen LogP contribution in [0.3, 0.4) is 0 Å². The van der Waals surface area contributed by atoms with Crippen molar-refractivity contribution >= 4 is 11.9 Å². The second-order valence-corrected chi connectivity index (χ2v) is 1.99. The third kappa shape index (κ3) is 12.8. The van der Waals surface area contributed by atoms with E-state index in [-0.39, 0.29) is 34.6 Å². The zero-order chi connectivity index (χ0) is 7.98. The Hall–Kier alpha value is -0.346. The molecule has 0 bridgehead atoms. The van der Waals surface area contributed by atoms with E-state index in [1.807, 2.05) is 0 Å². The first-order valence-electron chi connectivity index (χ1n) is 3.06. The van der Waals surface area contributed by atoms with Crippen LogP contribution in [0.4, 0.5) is 0 Å². The number of unbranched alkanes of at least 4 members (excludes halogenated alkanes) is 1. The van der Waals surface area contributed by atoms with Gasteiger partial charge in [0.25, 0.3) is 0 Å². The molecule has 0 aromatic rings. The molecular formula is C6H10O4Ti. The summed E-state index contributed by atoms with van der Waals surface area (Å²) >= 11 is 0. The summed E-state index contributed by atoms with van der Waals surface area (Å²) in [6.45, 7) is 0. The number of hydrogen-bond acceptors (Lipinski definition) is 2.